The lowest BCUT2D eigenvalue weighted by Crippen LogP contribution is -2.52. The third-order valence-electron chi connectivity index (χ3n) is 4.51. The van der Waals surface area contributed by atoms with Crippen LogP contribution in [-0.2, 0) is 0 Å². The molecule has 0 radical (unpaired) electrons. The van der Waals surface area contributed by atoms with E-state index in [4.69, 9.17) is 11.6 Å². The van der Waals surface area contributed by atoms with Crippen LogP contribution in [0.15, 0.2) is 6.20 Å². The fourth-order valence-corrected chi connectivity index (χ4v) is 2.95. The number of rotatable bonds is 8. The first-order valence-electron chi connectivity index (χ1n) is 7.93. The second-order valence-corrected chi connectivity index (χ2v) is 6.82. The van der Waals surface area contributed by atoms with Crippen LogP contribution in [0.1, 0.15) is 65.2 Å². The summed E-state index contributed by atoms with van der Waals surface area (Å²) in [7, 11) is 4.27. The summed E-state index contributed by atoms with van der Waals surface area (Å²) >= 11 is 6.49. The van der Waals surface area contributed by atoms with Gasteiger partial charge in [-0.15, -0.1) is 0 Å². The Kier molecular flexibility index (Phi) is 6.70. The summed E-state index contributed by atoms with van der Waals surface area (Å²) in [4.78, 5) is 2.29. The van der Waals surface area contributed by atoms with Crippen LogP contribution >= 0.6 is 11.6 Å². The maximum atomic E-state index is 6.49. The zero-order chi connectivity index (χ0) is 16.2. The minimum atomic E-state index is -0.0223. The van der Waals surface area contributed by atoms with E-state index in [1.807, 2.05) is 4.68 Å². The first-order valence-corrected chi connectivity index (χ1v) is 8.31. The lowest BCUT2D eigenvalue weighted by molar-refractivity contribution is 0.107. The highest BCUT2D eigenvalue weighted by molar-refractivity contribution is 6.31. The van der Waals surface area contributed by atoms with Gasteiger partial charge in [-0.25, -0.2) is 0 Å². The van der Waals surface area contributed by atoms with Crippen molar-refractivity contribution >= 4 is 11.6 Å². The van der Waals surface area contributed by atoms with E-state index in [2.05, 4.69) is 64.0 Å². The van der Waals surface area contributed by atoms with Gasteiger partial charge in [0.15, 0.2) is 0 Å². The molecule has 1 rings (SSSR count). The van der Waals surface area contributed by atoms with E-state index in [1.165, 1.54) is 0 Å². The molecule has 0 aliphatic heterocycles. The molecule has 0 aromatic carbocycles. The van der Waals surface area contributed by atoms with Crippen LogP contribution in [0.3, 0.4) is 0 Å². The third kappa shape index (κ3) is 3.79. The minimum absolute atomic E-state index is 0.0223. The molecular weight excluding hydrogens is 284 g/mol. The molecule has 2 unspecified atom stereocenters. The molecule has 0 aliphatic rings. The van der Waals surface area contributed by atoms with Crippen molar-refractivity contribution in [3.63, 3.8) is 0 Å². The molecule has 0 saturated heterocycles. The predicted octanol–water partition coefficient (Wildman–Crippen LogP) is 3.89. The monoisotopic (exact) mass is 314 g/mol. The molecule has 0 aliphatic carbocycles. The van der Waals surface area contributed by atoms with Gasteiger partial charge in [-0.1, -0.05) is 25.4 Å². The Balaban J connectivity index is 3.35. The third-order valence-corrected chi connectivity index (χ3v) is 4.80. The van der Waals surface area contributed by atoms with Crippen molar-refractivity contribution in [3.8, 4) is 0 Å². The van der Waals surface area contributed by atoms with E-state index < -0.39 is 0 Å². The van der Waals surface area contributed by atoms with E-state index in [9.17, 15) is 0 Å². The Bertz CT molecular complexity index is 441. The van der Waals surface area contributed by atoms with Gasteiger partial charge in [0.25, 0.3) is 0 Å². The normalized spacial score (nSPS) is 16.5. The van der Waals surface area contributed by atoms with Crippen molar-refractivity contribution in [2.24, 2.45) is 0 Å². The Hall–Kier alpha value is -0.580. The molecule has 0 amide bonds. The lowest BCUT2D eigenvalue weighted by Gasteiger charge is -2.43. The topological polar surface area (TPSA) is 33.1 Å². The summed E-state index contributed by atoms with van der Waals surface area (Å²) in [5.74, 6) is 0. The van der Waals surface area contributed by atoms with Crippen molar-refractivity contribution in [3.05, 3.63) is 16.9 Å². The van der Waals surface area contributed by atoms with Crippen LogP contribution < -0.4 is 5.32 Å². The molecule has 2 atom stereocenters. The van der Waals surface area contributed by atoms with E-state index in [1.54, 1.807) is 6.20 Å². The van der Waals surface area contributed by atoms with Crippen LogP contribution in [0.5, 0.6) is 0 Å². The smallest absolute Gasteiger partial charge is 0.0835 e. The van der Waals surface area contributed by atoms with E-state index >= 15 is 0 Å². The highest BCUT2D eigenvalue weighted by atomic mass is 35.5. The van der Waals surface area contributed by atoms with Crippen molar-refractivity contribution in [2.45, 2.75) is 65.1 Å². The lowest BCUT2D eigenvalue weighted by atomic mass is 9.85. The molecule has 0 fully saturated rings. The van der Waals surface area contributed by atoms with Crippen LogP contribution in [0.4, 0.5) is 0 Å². The van der Waals surface area contributed by atoms with Gasteiger partial charge in [0.2, 0.25) is 0 Å². The maximum Gasteiger partial charge on any atom is 0.0835 e. The molecule has 122 valence electrons. The van der Waals surface area contributed by atoms with Crippen molar-refractivity contribution in [1.82, 2.24) is 20.0 Å². The Morgan fingerprint density at radius 2 is 2.00 bits per heavy atom. The van der Waals surface area contributed by atoms with Gasteiger partial charge in [0.05, 0.1) is 23.0 Å². The van der Waals surface area contributed by atoms with Gasteiger partial charge in [0.1, 0.15) is 0 Å². The summed E-state index contributed by atoms with van der Waals surface area (Å²) in [6.45, 7) is 11.9. The zero-order valence-corrected chi connectivity index (χ0v) is 15.3. The van der Waals surface area contributed by atoms with Gasteiger partial charge >= 0.3 is 0 Å². The fourth-order valence-electron chi connectivity index (χ4n) is 2.71. The van der Waals surface area contributed by atoms with Crippen molar-refractivity contribution in [2.75, 3.05) is 20.6 Å². The molecule has 21 heavy (non-hydrogen) atoms. The second kappa shape index (κ2) is 7.61. The first kappa shape index (κ1) is 18.5. The largest absolute Gasteiger partial charge is 0.307 e. The molecule has 1 N–H and O–H groups in total. The van der Waals surface area contributed by atoms with Gasteiger partial charge in [0, 0.05) is 11.6 Å². The number of nitrogens with one attached hydrogen (secondary N) is 1. The Labute approximate surface area is 134 Å². The molecule has 0 bridgehead atoms. The minimum Gasteiger partial charge on any atom is -0.307 e. The van der Waals surface area contributed by atoms with Gasteiger partial charge in [-0.2, -0.15) is 5.10 Å². The second-order valence-electron chi connectivity index (χ2n) is 6.41. The molecule has 1 aromatic heterocycles. The molecule has 1 heterocycles. The van der Waals surface area contributed by atoms with Gasteiger partial charge < -0.3 is 10.2 Å². The average Bonchev–Trinajstić information content (AvgIpc) is 2.80. The van der Waals surface area contributed by atoms with E-state index in [-0.39, 0.29) is 11.6 Å². The summed E-state index contributed by atoms with van der Waals surface area (Å²) < 4.78 is 2.05. The Morgan fingerprint density at radius 3 is 2.43 bits per heavy atom. The predicted molar refractivity (Wildman–Crippen MR) is 91.0 cm³/mol. The number of hydrogen-bond acceptors (Lipinski definition) is 3. The SMILES string of the molecule is CCCNC(c1c(Cl)cnn1C(C)C)C(C)(CC)N(C)C. The molecule has 0 spiro atoms. The summed E-state index contributed by atoms with van der Waals surface area (Å²) in [6, 6.07) is 0.441. The fraction of sp³-hybridized carbons (Fsp3) is 0.812. The van der Waals surface area contributed by atoms with Crippen LogP contribution in [0.2, 0.25) is 5.02 Å². The van der Waals surface area contributed by atoms with Gasteiger partial charge in [-0.3, -0.25) is 4.68 Å². The van der Waals surface area contributed by atoms with E-state index in [0.717, 1.165) is 30.1 Å². The number of aromatic nitrogens is 2. The number of halogens is 1. The molecule has 4 nitrogen and oxygen atoms in total. The Morgan fingerprint density at radius 1 is 1.38 bits per heavy atom. The quantitative estimate of drug-likeness (QED) is 0.790. The summed E-state index contributed by atoms with van der Waals surface area (Å²) in [5, 5.41) is 8.92. The molecule has 1 aromatic rings. The number of hydrogen-bond donors (Lipinski definition) is 1. The zero-order valence-electron chi connectivity index (χ0n) is 14.6. The average molecular weight is 315 g/mol. The molecule has 5 heteroatoms. The summed E-state index contributed by atoms with van der Waals surface area (Å²) in [6.07, 6.45) is 3.89. The summed E-state index contributed by atoms with van der Waals surface area (Å²) in [5.41, 5.74) is 1.07. The first-order chi connectivity index (χ1) is 9.79. The van der Waals surface area contributed by atoms with Crippen LogP contribution in [0, 0.1) is 0 Å². The molecular formula is C16H31ClN4. The maximum absolute atomic E-state index is 6.49. The highest BCUT2D eigenvalue weighted by Gasteiger charge is 2.39. The van der Waals surface area contributed by atoms with Crippen LogP contribution in [0.25, 0.3) is 0 Å². The highest BCUT2D eigenvalue weighted by Crippen LogP contribution is 2.37. The van der Waals surface area contributed by atoms with Crippen LogP contribution in [-0.4, -0.2) is 40.9 Å². The number of likely N-dealkylation sites (N-methyl/N-ethyl adjacent to an activating group) is 1. The van der Waals surface area contributed by atoms with Gasteiger partial charge in [-0.05, 0) is 54.3 Å². The standard InChI is InChI=1S/C16H31ClN4/c1-8-10-18-15(16(5,9-2)20(6)7)14-13(17)11-19-21(14)12(3)4/h11-12,15,18H,8-10H2,1-7H3. The van der Waals surface area contributed by atoms with Crippen molar-refractivity contribution < 1.29 is 0 Å². The van der Waals surface area contributed by atoms with E-state index in [0.29, 0.717) is 6.04 Å². The molecule has 0 saturated carbocycles. The number of nitrogens with zero attached hydrogens (tertiary/aromatic N) is 3. The van der Waals surface area contributed by atoms with Crippen molar-refractivity contribution in [1.29, 1.82) is 0 Å².